The quantitative estimate of drug-likeness (QED) is 0.0577. The molecule has 278 valence electrons. The van der Waals surface area contributed by atoms with E-state index < -0.39 is 16.1 Å². The lowest BCUT2D eigenvalue weighted by molar-refractivity contribution is -0.940. The zero-order valence-corrected chi connectivity index (χ0v) is 30.9. The van der Waals surface area contributed by atoms with Crippen LogP contribution in [0.5, 0.6) is 23.0 Å². The predicted octanol–water partition coefficient (Wildman–Crippen LogP) is 5.43. The average Bonchev–Trinajstić information content (AvgIpc) is 3.14. The highest BCUT2D eigenvalue weighted by Crippen LogP contribution is 2.43. The highest BCUT2D eigenvalue weighted by atomic mass is 32.2. The van der Waals surface area contributed by atoms with Gasteiger partial charge in [0.15, 0.2) is 23.0 Å². The van der Waals surface area contributed by atoms with Gasteiger partial charge in [-0.3, -0.25) is 4.79 Å². The number of fused-ring (bicyclic) bond motifs is 1. The summed E-state index contributed by atoms with van der Waals surface area (Å²) in [6, 6.07) is 17.4. The summed E-state index contributed by atoms with van der Waals surface area (Å²) in [6.07, 6.45) is 5.32. The number of likely N-dealkylation sites (N-methyl/N-ethyl adjacent to an activating group) is 1. The first-order chi connectivity index (χ1) is 24.4. The van der Waals surface area contributed by atoms with Crippen molar-refractivity contribution in [3.05, 3.63) is 90.0 Å². The van der Waals surface area contributed by atoms with Gasteiger partial charge >= 0.3 is 11.9 Å². The number of esters is 2. The molecule has 13 heteroatoms. The van der Waals surface area contributed by atoms with E-state index in [-0.39, 0.29) is 16.9 Å². The molecule has 0 aliphatic carbocycles. The lowest BCUT2D eigenvalue weighted by atomic mass is 9.86. The highest BCUT2D eigenvalue weighted by molar-refractivity contribution is 7.85. The number of unbranched alkanes of at least 4 members (excludes halogenated alkanes) is 2. The van der Waals surface area contributed by atoms with Crippen molar-refractivity contribution in [2.45, 2.75) is 49.5 Å². The second-order valence-corrected chi connectivity index (χ2v) is 13.5. The van der Waals surface area contributed by atoms with E-state index in [9.17, 15) is 22.6 Å². The topological polar surface area (TPSA) is 147 Å². The summed E-state index contributed by atoms with van der Waals surface area (Å²) in [4.78, 5) is 23.6. The first-order valence-electron chi connectivity index (χ1n) is 16.6. The standard InChI is InChI=1S/C32H44NO8.C6H6O3S/c1-7-31(34)40-17-9-8-10-18-41-32(35)14-16-33(2)15-13-24-21-29(38-5)30(39-6)22-25(24)26(33)19-23-11-12-27(36-3)28(20-23)37-4;7-10(8,9)6-4-2-1-3-5-6/h7,11-12,20-22,26H,1,8-10,13-19H2,2-6H3;1-5H,(H,7,8,9)/q+1;/p-1/t26-,33+;/m1./s1. The average molecular weight is 728 g/mol. The van der Waals surface area contributed by atoms with E-state index in [2.05, 4.69) is 31.8 Å². The van der Waals surface area contributed by atoms with E-state index >= 15 is 0 Å². The van der Waals surface area contributed by atoms with Crippen molar-refractivity contribution in [2.75, 3.05) is 61.8 Å². The van der Waals surface area contributed by atoms with Crippen LogP contribution in [0.3, 0.4) is 0 Å². The number of methoxy groups -OCH3 is 4. The van der Waals surface area contributed by atoms with Gasteiger partial charge in [-0.1, -0.05) is 30.8 Å². The van der Waals surface area contributed by atoms with Crippen LogP contribution in [0.15, 0.2) is 78.2 Å². The molecule has 1 heterocycles. The van der Waals surface area contributed by atoms with E-state index in [0.29, 0.717) is 47.9 Å². The second kappa shape index (κ2) is 19.7. The first-order valence-corrected chi connectivity index (χ1v) is 18.1. The molecule has 3 aromatic rings. The third-order valence-corrected chi connectivity index (χ3v) is 9.70. The summed E-state index contributed by atoms with van der Waals surface area (Å²) in [7, 11) is 4.52. The van der Waals surface area contributed by atoms with Crippen molar-refractivity contribution in [1.82, 2.24) is 0 Å². The molecule has 1 aliphatic heterocycles. The van der Waals surface area contributed by atoms with Gasteiger partial charge in [0.1, 0.15) is 16.2 Å². The van der Waals surface area contributed by atoms with Crippen LogP contribution in [0, 0.1) is 0 Å². The van der Waals surface area contributed by atoms with Crippen molar-refractivity contribution >= 4 is 22.1 Å². The van der Waals surface area contributed by atoms with Crippen LogP contribution >= 0.6 is 0 Å². The minimum absolute atomic E-state index is 0.0720. The van der Waals surface area contributed by atoms with Crippen LogP contribution < -0.4 is 18.9 Å². The largest absolute Gasteiger partial charge is 0.744 e. The molecule has 51 heavy (non-hydrogen) atoms. The highest BCUT2D eigenvalue weighted by Gasteiger charge is 2.40. The van der Waals surface area contributed by atoms with Crippen molar-refractivity contribution in [2.24, 2.45) is 0 Å². The maximum Gasteiger partial charge on any atom is 0.330 e. The molecule has 0 fully saturated rings. The van der Waals surface area contributed by atoms with Crippen LogP contribution in [0.4, 0.5) is 0 Å². The summed E-state index contributed by atoms with van der Waals surface area (Å²) < 4.78 is 64.3. The molecule has 0 aromatic heterocycles. The third-order valence-electron chi connectivity index (χ3n) is 8.85. The van der Waals surface area contributed by atoms with E-state index in [1.54, 1.807) is 34.5 Å². The van der Waals surface area contributed by atoms with Gasteiger partial charge < -0.3 is 37.5 Å². The molecule has 4 rings (SSSR count). The van der Waals surface area contributed by atoms with Crippen LogP contribution in [0.1, 0.15) is 48.4 Å². The Hall–Kier alpha value is -4.59. The Morgan fingerprint density at radius 2 is 1.45 bits per heavy atom. The minimum atomic E-state index is -4.25. The molecule has 2 atom stereocenters. The van der Waals surface area contributed by atoms with Crippen molar-refractivity contribution in [3.8, 4) is 23.0 Å². The summed E-state index contributed by atoms with van der Waals surface area (Å²) >= 11 is 0. The second-order valence-electron chi connectivity index (χ2n) is 12.2. The molecule has 0 radical (unpaired) electrons. The van der Waals surface area contributed by atoms with Crippen LogP contribution in [-0.2, 0) is 42.0 Å². The number of rotatable bonds is 17. The molecule has 1 aliphatic rings. The van der Waals surface area contributed by atoms with Gasteiger partial charge in [0, 0.05) is 24.5 Å². The fourth-order valence-electron chi connectivity index (χ4n) is 5.96. The van der Waals surface area contributed by atoms with Crippen LogP contribution in [-0.4, -0.2) is 91.2 Å². The normalized spacial score (nSPS) is 16.4. The molecule has 3 aromatic carbocycles. The minimum Gasteiger partial charge on any atom is -0.744 e. The number of carbonyl (C=O) groups excluding carboxylic acids is 2. The maximum absolute atomic E-state index is 12.7. The predicted molar refractivity (Wildman–Crippen MR) is 190 cm³/mol. The number of nitrogens with zero attached hydrogens (tertiary/aromatic N) is 1. The van der Waals surface area contributed by atoms with Gasteiger partial charge in [-0.15, -0.1) is 0 Å². The van der Waals surface area contributed by atoms with E-state index in [1.165, 1.54) is 35.4 Å². The zero-order valence-electron chi connectivity index (χ0n) is 30.1. The van der Waals surface area contributed by atoms with E-state index in [0.717, 1.165) is 56.0 Å². The van der Waals surface area contributed by atoms with Gasteiger partial charge in [0.2, 0.25) is 0 Å². The molecule has 0 saturated carbocycles. The molecule has 12 nitrogen and oxygen atoms in total. The fourth-order valence-corrected chi connectivity index (χ4v) is 6.45. The number of ether oxygens (including phenoxy) is 6. The van der Waals surface area contributed by atoms with Crippen LogP contribution in [0.25, 0.3) is 0 Å². The lowest BCUT2D eigenvalue weighted by Gasteiger charge is -2.46. The third kappa shape index (κ3) is 12.0. The smallest absolute Gasteiger partial charge is 0.330 e. The first kappa shape index (κ1) is 40.8. The van der Waals surface area contributed by atoms with Gasteiger partial charge in [-0.2, -0.15) is 0 Å². The zero-order chi connectivity index (χ0) is 37.4. The number of hydrogen-bond donors (Lipinski definition) is 0. The summed E-state index contributed by atoms with van der Waals surface area (Å²) in [6.45, 7) is 5.58. The fraction of sp³-hybridized carbons (Fsp3) is 0.421. The summed E-state index contributed by atoms with van der Waals surface area (Å²) in [5, 5.41) is 0. The van der Waals surface area contributed by atoms with Gasteiger partial charge in [0.05, 0.1) is 73.1 Å². The Morgan fingerprint density at radius 3 is 2.04 bits per heavy atom. The Balaban J connectivity index is 0.000000602. The number of carbonyl (C=O) groups is 2. The van der Waals surface area contributed by atoms with Crippen molar-refractivity contribution in [3.63, 3.8) is 0 Å². The summed E-state index contributed by atoms with van der Waals surface area (Å²) in [5.74, 6) is 2.15. The maximum atomic E-state index is 12.7. The van der Waals surface area contributed by atoms with Gasteiger partial charge in [-0.05, 0) is 66.8 Å². The Morgan fingerprint density at radius 1 is 0.843 bits per heavy atom. The number of hydrogen-bond acceptors (Lipinski definition) is 11. The Kier molecular flexibility index (Phi) is 15.8. The molecule has 0 saturated heterocycles. The molecule has 0 spiro atoms. The molecule has 0 amide bonds. The molecular weight excluding hydrogens is 678 g/mol. The van der Waals surface area contributed by atoms with Gasteiger partial charge in [-0.25, -0.2) is 13.2 Å². The van der Waals surface area contributed by atoms with E-state index in [1.807, 2.05) is 12.1 Å². The molecule has 0 N–H and O–H groups in total. The van der Waals surface area contributed by atoms with Gasteiger partial charge in [0.25, 0.3) is 0 Å². The van der Waals surface area contributed by atoms with E-state index in [4.69, 9.17) is 28.4 Å². The number of benzene rings is 3. The summed E-state index contributed by atoms with van der Waals surface area (Å²) in [5.41, 5.74) is 3.53. The Bertz CT molecular complexity index is 1710. The molecular formula is C38H49NO11S. The monoisotopic (exact) mass is 727 g/mol. The SMILES string of the molecule is C=CC(=O)OCCCCCOC(=O)CC[N@+]1(C)CCc2cc(OC)c(OC)cc2[C@H]1Cc1ccc(OC)c(OC)c1.O=S(=O)([O-])c1ccccc1. The van der Waals surface area contributed by atoms with Crippen molar-refractivity contribution in [1.29, 1.82) is 0 Å². The van der Waals surface area contributed by atoms with Crippen LogP contribution in [0.2, 0.25) is 0 Å². The van der Waals surface area contributed by atoms with Crippen molar-refractivity contribution < 1.29 is 55.5 Å². The number of quaternary nitrogens is 1. The molecule has 0 unspecified atom stereocenters. The Labute approximate surface area is 301 Å². The lowest BCUT2D eigenvalue weighted by Crippen LogP contribution is -2.53. The molecule has 0 bridgehead atoms.